The van der Waals surface area contributed by atoms with E-state index < -0.39 is 0 Å². The monoisotopic (exact) mass is 690 g/mol. The van der Waals surface area contributed by atoms with E-state index in [9.17, 15) is 0 Å². The van der Waals surface area contributed by atoms with Crippen molar-refractivity contribution < 1.29 is 8.81 Å². The van der Waals surface area contributed by atoms with Crippen molar-refractivity contribution in [2.45, 2.75) is 0 Å². The molecule has 0 unspecified atom stereocenters. The average Bonchev–Trinajstić information content (AvgIpc) is 3.59. The predicted octanol–water partition coefficient (Wildman–Crippen LogP) is 15.0. The summed E-state index contributed by atoms with van der Waals surface area (Å²) in [6.45, 7) is 0. The second kappa shape index (κ2) is 12.0. The maximum atomic E-state index is 15.4. The van der Waals surface area contributed by atoms with Crippen LogP contribution >= 0.6 is 0 Å². The van der Waals surface area contributed by atoms with E-state index >= 15 is 4.39 Å². The quantitative estimate of drug-likeness (QED) is 0.168. The SMILES string of the molecule is Fc1ccccc1-c1c2ccccc2c(-c2ccc3c(c2)oc2ccc(-c4c5ccccc5c(-c5ccccc5)c5ccccc45)cc23)c2ccccc12. The van der Waals surface area contributed by atoms with Gasteiger partial charge in [0.05, 0.1) is 0 Å². The molecule has 0 aliphatic heterocycles. The molecule has 1 nitrogen and oxygen atoms in total. The maximum absolute atomic E-state index is 15.4. The van der Waals surface area contributed by atoms with Crippen LogP contribution in [0.25, 0.3) is 110 Å². The van der Waals surface area contributed by atoms with Crippen LogP contribution in [-0.2, 0) is 0 Å². The highest BCUT2D eigenvalue weighted by molar-refractivity contribution is 6.24. The highest BCUT2D eigenvalue weighted by Gasteiger charge is 2.21. The van der Waals surface area contributed by atoms with E-state index in [1.54, 1.807) is 12.1 Å². The zero-order chi connectivity index (χ0) is 35.8. The van der Waals surface area contributed by atoms with Crippen LogP contribution in [0.3, 0.4) is 0 Å². The Morgan fingerprint density at radius 3 is 1.24 bits per heavy atom. The molecule has 0 fully saturated rings. The molecule has 1 heterocycles. The van der Waals surface area contributed by atoms with Crippen molar-refractivity contribution >= 4 is 65.0 Å². The zero-order valence-electron chi connectivity index (χ0n) is 29.2. The second-order valence-corrected chi connectivity index (χ2v) is 14.1. The van der Waals surface area contributed by atoms with E-state index in [1.165, 1.54) is 38.2 Å². The molecule has 252 valence electrons. The standard InChI is InChI=1S/C52H31FO/c53-46-25-13-12-24-44(46)52-42-22-10-8-20-40(42)51(41-21-9-11-23-43(41)52)34-26-28-35-45-30-33(27-29-47(45)54-48(35)31-34)50-38-18-6-4-16-36(38)49(32-14-2-1-3-15-32)37-17-5-7-19-39(37)50/h1-31H. The van der Waals surface area contributed by atoms with Crippen molar-refractivity contribution in [3.8, 4) is 44.5 Å². The van der Waals surface area contributed by atoms with Gasteiger partial charge in [0.15, 0.2) is 0 Å². The van der Waals surface area contributed by atoms with Gasteiger partial charge in [-0.05, 0) is 107 Å². The highest BCUT2D eigenvalue weighted by atomic mass is 19.1. The Morgan fingerprint density at radius 2 is 0.704 bits per heavy atom. The van der Waals surface area contributed by atoms with Gasteiger partial charge in [-0.2, -0.15) is 0 Å². The van der Waals surface area contributed by atoms with Gasteiger partial charge in [-0.15, -0.1) is 0 Å². The Hall–Kier alpha value is -7.03. The maximum Gasteiger partial charge on any atom is 0.136 e. The fraction of sp³-hybridized carbons (Fsp3) is 0. The second-order valence-electron chi connectivity index (χ2n) is 14.1. The van der Waals surface area contributed by atoms with Crippen molar-refractivity contribution in [1.29, 1.82) is 0 Å². The summed E-state index contributed by atoms with van der Waals surface area (Å²) in [5.74, 6) is -0.225. The van der Waals surface area contributed by atoms with Gasteiger partial charge in [0, 0.05) is 21.9 Å². The van der Waals surface area contributed by atoms with E-state index in [2.05, 4.69) is 152 Å². The molecule has 54 heavy (non-hydrogen) atoms. The molecule has 0 saturated heterocycles. The number of fused-ring (bicyclic) bond motifs is 7. The Balaban J connectivity index is 1.13. The van der Waals surface area contributed by atoms with Crippen LogP contribution in [0, 0.1) is 5.82 Å². The summed E-state index contributed by atoms with van der Waals surface area (Å²) in [6, 6.07) is 65.2. The van der Waals surface area contributed by atoms with Crippen LogP contribution in [0.5, 0.6) is 0 Å². The van der Waals surface area contributed by atoms with E-state index in [0.29, 0.717) is 5.56 Å². The molecule has 0 spiro atoms. The fourth-order valence-electron chi connectivity index (χ4n) is 8.84. The highest BCUT2D eigenvalue weighted by Crippen LogP contribution is 2.47. The van der Waals surface area contributed by atoms with Crippen molar-refractivity contribution in [2.24, 2.45) is 0 Å². The summed E-state index contributed by atoms with van der Waals surface area (Å²) in [5, 5.41) is 11.3. The van der Waals surface area contributed by atoms with Crippen LogP contribution in [0.15, 0.2) is 192 Å². The number of hydrogen-bond donors (Lipinski definition) is 0. The fourth-order valence-corrected chi connectivity index (χ4v) is 8.84. The van der Waals surface area contributed by atoms with Gasteiger partial charge in [-0.1, -0.05) is 158 Å². The molecule has 0 N–H and O–H groups in total. The van der Waals surface area contributed by atoms with Gasteiger partial charge >= 0.3 is 0 Å². The van der Waals surface area contributed by atoms with Crippen LogP contribution in [0.1, 0.15) is 0 Å². The molecule has 0 amide bonds. The number of hydrogen-bond acceptors (Lipinski definition) is 1. The third-order valence-electron chi connectivity index (χ3n) is 11.1. The average molecular weight is 691 g/mol. The minimum atomic E-state index is -0.225. The molecule has 0 saturated carbocycles. The first kappa shape index (κ1) is 30.6. The summed E-state index contributed by atoms with van der Waals surface area (Å²) in [5.41, 5.74) is 10.2. The summed E-state index contributed by atoms with van der Waals surface area (Å²) < 4.78 is 22.0. The largest absolute Gasteiger partial charge is 0.456 e. The lowest BCUT2D eigenvalue weighted by Crippen LogP contribution is -1.92. The normalized spacial score (nSPS) is 11.8. The van der Waals surface area contributed by atoms with Gasteiger partial charge in [0.2, 0.25) is 0 Å². The topological polar surface area (TPSA) is 13.1 Å². The van der Waals surface area contributed by atoms with Gasteiger partial charge in [0.1, 0.15) is 17.0 Å². The predicted molar refractivity (Wildman–Crippen MR) is 225 cm³/mol. The lowest BCUT2D eigenvalue weighted by atomic mass is 9.85. The molecule has 11 rings (SSSR count). The van der Waals surface area contributed by atoms with E-state index in [1.807, 2.05) is 24.3 Å². The van der Waals surface area contributed by atoms with Gasteiger partial charge < -0.3 is 4.42 Å². The number of halogens is 1. The third kappa shape index (κ3) is 4.57. The zero-order valence-corrected chi connectivity index (χ0v) is 29.2. The van der Waals surface area contributed by atoms with Crippen molar-refractivity contribution in [2.75, 3.05) is 0 Å². The minimum absolute atomic E-state index is 0.225. The molecule has 0 atom stereocenters. The lowest BCUT2D eigenvalue weighted by Gasteiger charge is -2.18. The summed E-state index contributed by atoms with van der Waals surface area (Å²) in [4.78, 5) is 0. The molecule has 2 heteroatoms. The van der Waals surface area contributed by atoms with Gasteiger partial charge in [0.25, 0.3) is 0 Å². The van der Waals surface area contributed by atoms with Crippen molar-refractivity contribution in [3.05, 3.63) is 194 Å². The van der Waals surface area contributed by atoms with Crippen LogP contribution in [0.2, 0.25) is 0 Å². The van der Waals surface area contributed by atoms with E-state index in [4.69, 9.17) is 4.42 Å². The Morgan fingerprint density at radius 1 is 0.278 bits per heavy atom. The Labute approximate surface area is 311 Å². The number of furan rings is 1. The molecule has 0 radical (unpaired) electrons. The summed E-state index contributed by atoms with van der Waals surface area (Å²) in [7, 11) is 0. The lowest BCUT2D eigenvalue weighted by molar-refractivity contribution is 0.631. The van der Waals surface area contributed by atoms with Crippen LogP contribution in [-0.4, -0.2) is 0 Å². The third-order valence-corrected chi connectivity index (χ3v) is 11.1. The molecule has 0 aliphatic carbocycles. The molecule has 0 bridgehead atoms. The number of rotatable bonds is 4. The molecular weight excluding hydrogens is 660 g/mol. The van der Waals surface area contributed by atoms with Gasteiger partial charge in [-0.3, -0.25) is 0 Å². The van der Waals surface area contributed by atoms with Crippen molar-refractivity contribution in [3.63, 3.8) is 0 Å². The summed E-state index contributed by atoms with van der Waals surface area (Å²) in [6.07, 6.45) is 0. The Bertz CT molecular complexity index is 3170. The van der Waals surface area contributed by atoms with Crippen LogP contribution in [0.4, 0.5) is 4.39 Å². The molecular formula is C52H31FO. The molecule has 1 aromatic heterocycles. The van der Waals surface area contributed by atoms with E-state index in [-0.39, 0.29) is 5.82 Å². The van der Waals surface area contributed by atoms with E-state index in [0.717, 1.165) is 65.7 Å². The Kier molecular flexibility index (Phi) is 6.80. The first-order valence-electron chi connectivity index (χ1n) is 18.4. The molecule has 10 aromatic carbocycles. The molecule has 11 aromatic rings. The number of benzene rings is 10. The smallest absolute Gasteiger partial charge is 0.136 e. The first-order valence-corrected chi connectivity index (χ1v) is 18.4. The van der Waals surface area contributed by atoms with Gasteiger partial charge in [-0.25, -0.2) is 4.39 Å². The molecule has 0 aliphatic rings. The van der Waals surface area contributed by atoms with Crippen LogP contribution < -0.4 is 0 Å². The minimum Gasteiger partial charge on any atom is -0.456 e. The first-order chi connectivity index (χ1) is 26.7. The van der Waals surface area contributed by atoms with Crippen molar-refractivity contribution in [1.82, 2.24) is 0 Å². The summed E-state index contributed by atoms with van der Waals surface area (Å²) >= 11 is 0.